The van der Waals surface area contributed by atoms with Crippen molar-refractivity contribution in [1.29, 1.82) is 0 Å². The molecule has 24 heavy (non-hydrogen) atoms. The Morgan fingerprint density at radius 1 is 1.25 bits per heavy atom. The van der Waals surface area contributed by atoms with E-state index in [4.69, 9.17) is 9.15 Å². The Morgan fingerprint density at radius 2 is 2.08 bits per heavy atom. The molecule has 0 fully saturated rings. The molecule has 0 saturated carbocycles. The van der Waals surface area contributed by atoms with Crippen molar-refractivity contribution in [2.24, 2.45) is 0 Å². The number of benzene rings is 1. The minimum Gasteiger partial charge on any atom is -0.486 e. The van der Waals surface area contributed by atoms with Gasteiger partial charge in [0, 0.05) is 0 Å². The van der Waals surface area contributed by atoms with Gasteiger partial charge in [-0.15, -0.1) is 10.2 Å². The van der Waals surface area contributed by atoms with Crippen molar-refractivity contribution >= 4 is 34.1 Å². The van der Waals surface area contributed by atoms with Gasteiger partial charge < -0.3 is 9.15 Å². The SMILES string of the molecule is CCSc1nnc(NC(=O)c2ccc(COc3ccccc3)o2)s1. The van der Waals surface area contributed by atoms with Gasteiger partial charge in [-0.25, -0.2) is 0 Å². The largest absolute Gasteiger partial charge is 0.486 e. The fourth-order valence-electron chi connectivity index (χ4n) is 1.85. The Labute approximate surface area is 147 Å². The molecule has 3 rings (SSSR count). The molecule has 0 aliphatic heterocycles. The number of amides is 1. The minimum absolute atomic E-state index is 0.210. The van der Waals surface area contributed by atoms with Gasteiger partial charge in [-0.3, -0.25) is 10.1 Å². The standard InChI is InChI=1S/C16H15N3O3S2/c1-2-23-16-19-18-15(24-16)17-14(20)13-9-8-12(22-13)10-21-11-6-4-3-5-7-11/h3-9H,2,10H2,1H3,(H,17,18,20). The molecule has 8 heteroatoms. The summed E-state index contributed by atoms with van der Waals surface area (Å²) < 4.78 is 11.9. The predicted molar refractivity (Wildman–Crippen MR) is 93.7 cm³/mol. The number of rotatable bonds is 7. The second-order valence-electron chi connectivity index (χ2n) is 4.63. The normalized spacial score (nSPS) is 10.5. The molecule has 2 heterocycles. The molecule has 124 valence electrons. The molecule has 1 aromatic carbocycles. The summed E-state index contributed by atoms with van der Waals surface area (Å²) in [5.74, 6) is 2.08. The lowest BCUT2D eigenvalue weighted by Gasteiger charge is -2.03. The molecule has 0 unspecified atom stereocenters. The number of ether oxygens (including phenoxy) is 1. The maximum Gasteiger partial charge on any atom is 0.293 e. The van der Waals surface area contributed by atoms with Crippen LogP contribution in [0.25, 0.3) is 0 Å². The third-order valence-electron chi connectivity index (χ3n) is 2.90. The summed E-state index contributed by atoms with van der Waals surface area (Å²) in [6.45, 7) is 2.29. The first-order valence-corrected chi connectivity index (χ1v) is 9.09. The van der Waals surface area contributed by atoms with Gasteiger partial charge in [0.2, 0.25) is 5.13 Å². The highest BCUT2D eigenvalue weighted by molar-refractivity contribution is 8.01. The monoisotopic (exact) mass is 361 g/mol. The average Bonchev–Trinajstić information content (AvgIpc) is 3.24. The summed E-state index contributed by atoms with van der Waals surface area (Å²) >= 11 is 2.92. The summed E-state index contributed by atoms with van der Waals surface area (Å²) in [6.07, 6.45) is 0. The fourth-order valence-corrected chi connectivity index (χ4v) is 3.49. The van der Waals surface area contributed by atoms with Crippen LogP contribution < -0.4 is 10.1 Å². The number of nitrogens with zero attached hydrogens (tertiary/aromatic N) is 2. The van der Waals surface area contributed by atoms with E-state index >= 15 is 0 Å². The van der Waals surface area contributed by atoms with Gasteiger partial charge in [-0.1, -0.05) is 48.2 Å². The van der Waals surface area contributed by atoms with E-state index in [1.165, 1.54) is 11.3 Å². The molecule has 3 aromatic rings. The van der Waals surface area contributed by atoms with E-state index in [9.17, 15) is 4.79 Å². The van der Waals surface area contributed by atoms with Gasteiger partial charge in [0.1, 0.15) is 18.1 Å². The van der Waals surface area contributed by atoms with E-state index in [0.29, 0.717) is 10.9 Å². The third-order valence-corrected chi connectivity index (χ3v) is 4.76. The van der Waals surface area contributed by atoms with E-state index in [-0.39, 0.29) is 18.3 Å². The van der Waals surface area contributed by atoms with E-state index < -0.39 is 0 Å². The number of hydrogen-bond donors (Lipinski definition) is 1. The summed E-state index contributed by atoms with van der Waals surface area (Å²) in [5, 5.41) is 11.1. The quantitative estimate of drug-likeness (QED) is 0.505. The Bertz CT molecular complexity index is 802. The first kappa shape index (κ1) is 16.5. The molecular formula is C16H15N3O3S2. The number of hydrogen-bond acceptors (Lipinski definition) is 7. The van der Waals surface area contributed by atoms with E-state index in [2.05, 4.69) is 15.5 Å². The van der Waals surface area contributed by atoms with Crippen LogP contribution in [0.15, 0.2) is 51.2 Å². The number of para-hydroxylation sites is 1. The zero-order valence-corrected chi connectivity index (χ0v) is 14.5. The van der Waals surface area contributed by atoms with E-state index in [1.807, 2.05) is 37.3 Å². The second-order valence-corrected chi connectivity index (χ2v) is 7.12. The smallest absolute Gasteiger partial charge is 0.293 e. The van der Waals surface area contributed by atoms with Gasteiger partial charge in [0.05, 0.1) is 0 Å². The highest BCUT2D eigenvalue weighted by Crippen LogP contribution is 2.25. The second kappa shape index (κ2) is 7.98. The number of anilines is 1. The zero-order chi connectivity index (χ0) is 16.8. The Hall–Kier alpha value is -2.32. The molecule has 0 aliphatic carbocycles. The molecule has 0 saturated heterocycles. The molecule has 2 aromatic heterocycles. The highest BCUT2D eigenvalue weighted by atomic mass is 32.2. The number of nitrogens with one attached hydrogen (secondary N) is 1. The van der Waals surface area contributed by atoms with Crippen LogP contribution in [0.1, 0.15) is 23.2 Å². The van der Waals surface area contributed by atoms with Gasteiger partial charge in [-0.05, 0) is 30.0 Å². The average molecular weight is 361 g/mol. The Morgan fingerprint density at radius 3 is 2.88 bits per heavy atom. The van der Waals surface area contributed by atoms with Crippen LogP contribution in [0.3, 0.4) is 0 Å². The minimum atomic E-state index is -0.356. The number of carbonyl (C=O) groups excluding carboxylic acids is 1. The fraction of sp³-hybridized carbons (Fsp3) is 0.188. The lowest BCUT2D eigenvalue weighted by molar-refractivity contribution is 0.0992. The Balaban J connectivity index is 1.56. The van der Waals surface area contributed by atoms with Crippen LogP contribution in [-0.2, 0) is 6.61 Å². The van der Waals surface area contributed by atoms with Crippen molar-refractivity contribution < 1.29 is 13.9 Å². The lowest BCUT2D eigenvalue weighted by Crippen LogP contribution is -2.10. The molecule has 0 aliphatic rings. The van der Waals surface area contributed by atoms with Crippen LogP contribution in [0, 0.1) is 0 Å². The topological polar surface area (TPSA) is 77.2 Å². The first-order valence-electron chi connectivity index (χ1n) is 7.29. The Kier molecular flexibility index (Phi) is 5.50. The van der Waals surface area contributed by atoms with Crippen LogP contribution >= 0.6 is 23.1 Å². The molecule has 0 bridgehead atoms. The van der Waals surface area contributed by atoms with Crippen molar-refractivity contribution in [2.45, 2.75) is 17.9 Å². The molecule has 0 spiro atoms. The molecular weight excluding hydrogens is 346 g/mol. The van der Waals surface area contributed by atoms with Crippen molar-refractivity contribution in [3.05, 3.63) is 54.0 Å². The number of furan rings is 1. The molecule has 6 nitrogen and oxygen atoms in total. The summed E-state index contributed by atoms with van der Waals surface area (Å²) in [5.41, 5.74) is 0. The van der Waals surface area contributed by atoms with Crippen LogP contribution in [0.5, 0.6) is 5.75 Å². The highest BCUT2D eigenvalue weighted by Gasteiger charge is 2.14. The molecule has 1 amide bonds. The van der Waals surface area contributed by atoms with Crippen molar-refractivity contribution in [2.75, 3.05) is 11.1 Å². The predicted octanol–water partition coefficient (Wildman–Crippen LogP) is 4.07. The van der Waals surface area contributed by atoms with Crippen LogP contribution in [0.2, 0.25) is 0 Å². The van der Waals surface area contributed by atoms with Gasteiger partial charge in [0.25, 0.3) is 5.91 Å². The lowest BCUT2D eigenvalue weighted by atomic mass is 10.3. The molecule has 0 atom stereocenters. The van der Waals surface area contributed by atoms with Gasteiger partial charge in [-0.2, -0.15) is 0 Å². The maximum absolute atomic E-state index is 12.2. The number of carbonyl (C=O) groups is 1. The van der Waals surface area contributed by atoms with Crippen LogP contribution in [-0.4, -0.2) is 21.9 Å². The summed E-state index contributed by atoms with van der Waals surface area (Å²) in [4.78, 5) is 12.2. The molecule has 1 N–H and O–H groups in total. The van der Waals surface area contributed by atoms with Crippen molar-refractivity contribution in [3.63, 3.8) is 0 Å². The van der Waals surface area contributed by atoms with Gasteiger partial charge in [0.15, 0.2) is 10.1 Å². The summed E-state index contributed by atoms with van der Waals surface area (Å²) in [6, 6.07) is 12.8. The third kappa shape index (κ3) is 4.36. The van der Waals surface area contributed by atoms with Crippen LogP contribution in [0.4, 0.5) is 5.13 Å². The molecule has 0 radical (unpaired) electrons. The number of thioether (sulfide) groups is 1. The maximum atomic E-state index is 12.2. The summed E-state index contributed by atoms with van der Waals surface area (Å²) in [7, 11) is 0. The first-order chi connectivity index (χ1) is 11.7. The van der Waals surface area contributed by atoms with Crippen molar-refractivity contribution in [1.82, 2.24) is 10.2 Å². The van der Waals surface area contributed by atoms with E-state index in [1.54, 1.807) is 23.9 Å². The van der Waals surface area contributed by atoms with E-state index in [0.717, 1.165) is 15.8 Å². The van der Waals surface area contributed by atoms with Crippen molar-refractivity contribution in [3.8, 4) is 5.75 Å². The number of aromatic nitrogens is 2. The van der Waals surface area contributed by atoms with Gasteiger partial charge >= 0.3 is 0 Å². The zero-order valence-electron chi connectivity index (χ0n) is 12.9.